The molecule has 1 atom stereocenters. The Morgan fingerprint density at radius 2 is 2.21 bits per heavy atom. The lowest BCUT2D eigenvalue weighted by Crippen LogP contribution is -2.38. The molecule has 0 saturated carbocycles. The van der Waals surface area contributed by atoms with Gasteiger partial charge in [0.2, 0.25) is 0 Å². The van der Waals surface area contributed by atoms with Crippen molar-refractivity contribution in [1.29, 1.82) is 0 Å². The SMILES string of the molecule is CCN(CC(C)/C(N)=N/O)C(=O)c1cccc(C)c1. The van der Waals surface area contributed by atoms with E-state index >= 15 is 0 Å². The van der Waals surface area contributed by atoms with Crippen LogP contribution in [0.15, 0.2) is 29.4 Å². The van der Waals surface area contributed by atoms with Gasteiger partial charge in [0.1, 0.15) is 5.84 Å². The average Bonchev–Trinajstić information content (AvgIpc) is 2.42. The first-order valence-corrected chi connectivity index (χ1v) is 6.33. The summed E-state index contributed by atoms with van der Waals surface area (Å²) in [6.45, 7) is 6.69. The van der Waals surface area contributed by atoms with Gasteiger partial charge in [0, 0.05) is 24.6 Å². The van der Waals surface area contributed by atoms with Crippen molar-refractivity contribution in [3.63, 3.8) is 0 Å². The lowest BCUT2D eigenvalue weighted by Gasteiger charge is -2.24. The van der Waals surface area contributed by atoms with Crippen LogP contribution in [0.4, 0.5) is 0 Å². The van der Waals surface area contributed by atoms with Crippen molar-refractivity contribution in [2.45, 2.75) is 20.8 Å². The molecule has 0 aliphatic heterocycles. The summed E-state index contributed by atoms with van der Waals surface area (Å²) in [5, 5.41) is 11.6. The van der Waals surface area contributed by atoms with E-state index in [1.165, 1.54) is 0 Å². The molecule has 0 heterocycles. The molecule has 0 fully saturated rings. The number of hydrogen-bond acceptors (Lipinski definition) is 3. The fraction of sp³-hybridized carbons (Fsp3) is 0.429. The third kappa shape index (κ3) is 3.98. The molecule has 5 heteroatoms. The van der Waals surface area contributed by atoms with Crippen LogP contribution >= 0.6 is 0 Å². The largest absolute Gasteiger partial charge is 0.409 e. The Morgan fingerprint density at radius 3 is 2.74 bits per heavy atom. The fourth-order valence-corrected chi connectivity index (χ4v) is 1.84. The van der Waals surface area contributed by atoms with Gasteiger partial charge in [-0.15, -0.1) is 0 Å². The van der Waals surface area contributed by atoms with E-state index in [-0.39, 0.29) is 17.7 Å². The van der Waals surface area contributed by atoms with Crippen LogP contribution in [0.5, 0.6) is 0 Å². The number of carbonyl (C=O) groups is 1. The second-order valence-electron chi connectivity index (χ2n) is 4.64. The Morgan fingerprint density at radius 1 is 1.53 bits per heavy atom. The summed E-state index contributed by atoms with van der Waals surface area (Å²) in [6, 6.07) is 7.47. The molecule has 5 nitrogen and oxygen atoms in total. The smallest absolute Gasteiger partial charge is 0.253 e. The molecule has 1 amide bonds. The maximum absolute atomic E-state index is 12.4. The van der Waals surface area contributed by atoms with Crippen molar-refractivity contribution >= 4 is 11.7 Å². The van der Waals surface area contributed by atoms with E-state index in [0.29, 0.717) is 18.7 Å². The summed E-state index contributed by atoms with van der Waals surface area (Å²) in [4.78, 5) is 14.0. The van der Waals surface area contributed by atoms with Gasteiger partial charge in [-0.05, 0) is 26.0 Å². The standard InChI is InChI=1S/C14H21N3O2/c1-4-17(9-11(3)13(15)16-19)14(18)12-7-5-6-10(2)8-12/h5-8,11,19H,4,9H2,1-3H3,(H2,15,16). The minimum atomic E-state index is -0.182. The summed E-state index contributed by atoms with van der Waals surface area (Å²) in [5.41, 5.74) is 7.25. The van der Waals surface area contributed by atoms with Gasteiger partial charge >= 0.3 is 0 Å². The van der Waals surface area contributed by atoms with Gasteiger partial charge in [-0.3, -0.25) is 4.79 Å². The summed E-state index contributed by atoms with van der Waals surface area (Å²) in [5.74, 6) is -0.0852. The molecule has 0 radical (unpaired) electrons. The van der Waals surface area contributed by atoms with Gasteiger partial charge in [-0.1, -0.05) is 29.8 Å². The molecule has 19 heavy (non-hydrogen) atoms. The summed E-state index contributed by atoms with van der Waals surface area (Å²) < 4.78 is 0. The summed E-state index contributed by atoms with van der Waals surface area (Å²) in [6.07, 6.45) is 0. The zero-order valence-electron chi connectivity index (χ0n) is 11.6. The number of carbonyl (C=O) groups excluding carboxylic acids is 1. The Labute approximate surface area is 113 Å². The van der Waals surface area contributed by atoms with Gasteiger partial charge in [0.05, 0.1) is 0 Å². The molecule has 1 aromatic rings. The van der Waals surface area contributed by atoms with Crippen LogP contribution in [0.2, 0.25) is 0 Å². The second kappa shape index (κ2) is 6.78. The van der Waals surface area contributed by atoms with E-state index < -0.39 is 0 Å². The monoisotopic (exact) mass is 263 g/mol. The highest BCUT2D eigenvalue weighted by molar-refractivity contribution is 5.94. The highest BCUT2D eigenvalue weighted by atomic mass is 16.4. The molecule has 1 aromatic carbocycles. The van der Waals surface area contributed by atoms with Crippen molar-refractivity contribution in [3.8, 4) is 0 Å². The Balaban J connectivity index is 2.83. The van der Waals surface area contributed by atoms with Crippen LogP contribution in [0.25, 0.3) is 0 Å². The average molecular weight is 263 g/mol. The number of amidine groups is 1. The van der Waals surface area contributed by atoms with E-state index in [9.17, 15) is 4.79 Å². The van der Waals surface area contributed by atoms with Gasteiger partial charge in [0.15, 0.2) is 0 Å². The number of hydrogen-bond donors (Lipinski definition) is 2. The second-order valence-corrected chi connectivity index (χ2v) is 4.64. The van der Waals surface area contributed by atoms with E-state index in [2.05, 4.69) is 5.16 Å². The summed E-state index contributed by atoms with van der Waals surface area (Å²) in [7, 11) is 0. The predicted octanol–water partition coefficient (Wildman–Crippen LogP) is 1.84. The molecule has 1 rings (SSSR count). The number of rotatable bonds is 5. The van der Waals surface area contributed by atoms with Crippen molar-refractivity contribution in [1.82, 2.24) is 4.90 Å². The maximum atomic E-state index is 12.4. The molecule has 104 valence electrons. The third-order valence-corrected chi connectivity index (χ3v) is 3.05. The zero-order chi connectivity index (χ0) is 14.4. The van der Waals surface area contributed by atoms with Gasteiger partial charge < -0.3 is 15.8 Å². The van der Waals surface area contributed by atoms with Crippen LogP contribution in [0, 0.1) is 12.8 Å². The van der Waals surface area contributed by atoms with Crippen LogP contribution in [0.1, 0.15) is 29.8 Å². The van der Waals surface area contributed by atoms with Crippen molar-refractivity contribution in [2.75, 3.05) is 13.1 Å². The van der Waals surface area contributed by atoms with Gasteiger partial charge in [0.25, 0.3) is 5.91 Å². The molecule has 3 N–H and O–H groups in total. The van der Waals surface area contributed by atoms with E-state index in [1.54, 1.807) is 11.0 Å². The van der Waals surface area contributed by atoms with Gasteiger partial charge in [-0.25, -0.2) is 0 Å². The molecule has 0 saturated heterocycles. The minimum Gasteiger partial charge on any atom is -0.409 e. The lowest BCUT2D eigenvalue weighted by atomic mass is 10.1. The highest BCUT2D eigenvalue weighted by Gasteiger charge is 2.18. The zero-order valence-corrected chi connectivity index (χ0v) is 11.6. The number of amides is 1. The molecular weight excluding hydrogens is 242 g/mol. The Kier molecular flexibility index (Phi) is 5.36. The minimum absolute atomic E-state index is 0.0382. The van der Waals surface area contributed by atoms with E-state index in [4.69, 9.17) is 10.9 Å². The van der Waals surface area contributed by atoms with Crippen molar-refractivity contribution in [3.05, 3.63) is 35.4 Å². The first-order valence-electron chi connectivity index (χ1n) is 6.33. The number of nitrogens with two attached hydrogens (primary N) is 1. The fourth-order valence-electron chi connectivity index (χ4n) is 1.84. The molecule has 1 unspecified atom stereocenters. The van der Waals surface area contributed by atoms with Crippen LogP contribution in [-0.4, -0.2) is 34.9 Å². The molecule has 0 bridgehead atoms. The molecule has 0 aliphatic carbocycles. The third-order valence-electron chi connectivity index (χ3n) is 3.05. The van der Waals surface area contributed by atoms with Crippen LogP contribution in [0.3, 0.4) is 0 Å². The number of oxime groups is 1. The molecule has 0 spiro atoms. The first kappa shape index (κ1) is 15.0. The van der Waals surface area contributed by atoms with Crippen molar-refractivity contribution < 1.29 is 10.0 Å². The molecule has 0 aliphatic rings. The van der Waals surface area contributed by atoms with Gasteiger partial charge in [-0.2, -0.15) is 0 Å². The molecular formula is C14H21N3O2. The Bertz CT molecular complexity index is 472. The normalized spacial score (nSPS) is 13.1. The van der Waals surface area contributed by atoms with E-state index in [1.807, 2.05) is 39.0 Å². The highest BCUT2D eigenvalue weighted by Crippen LogP contribution is 2.10. The van der Waals surface area contributed by atoms with Crippen LogP contribution < -0.4 is 5.73 Å². The molecule has 0 aromatic heterocycles. The summed E-state index contributed by atoms with van der Waals surface area (Å²) >= 11 is 0. The number of nitrogens with zero attached hydrogens (tertiary/aromatic N) is 2. The predicted molar refractivity (Wildman–Crippen MR) is 75.3 cm³/mol. The van der Waals surface area contributed by atoms with Crippen LogP contribution in [-0.2, 0) is 0 Å². The maximum Gasteiger partial charge on any atom is 0.253 e. The quantitative estimate of drug-likeness (QED) is 0.368. The number of benzene rings is 1. The first-order chi connectivity index (χ1) is 8.99. The van der Waals surface area contributed by atoms with Crippen molar-refractivity contribution in [2.24, 2.45) is 16.8 Å². The Hall–Kier alpha value is -2.04. The topological polar surface area (TPSA) is 78.9 Å². The van der Waals surface area contributed by atoms with E-state index in [0.717, 1.165) is 5.56 Å². The number of aryl methyl sites for hydroxylation is 1. The lowest BCUT2D eigenvalue weighted by molar-refractivity contribution is 0.0753.